The van der Waals surface area contributed by atoms with Crippen LogP contribution in [0.15, 0.2) is 28.8 Å². The SMILES string of the molecule is Cc1noc(NS(=O)(=O)Cc2cccc(N)c2)n1. The van der Waals surface area contributed by atoms with Gasteiger partial charge in [0.25, 0.3) is 0 Å². The number of aryl methyl sites for hydroxylation is 1. The van der Waals surface area contributed by atoms with E-state index in [2.05, 4.69) is 19.4 Å². The fraction of sp³-hybridized carbons (Fsp3) is 0.200. The highest BCUT2D eigenvalue weighted by molar-refractivity contribution is 7.91. The summed E-state index contributed by atoms with van der Waals surface area (Å²) >= 11 is 0. The molecule has 0 amide bonds. The van der Waals surface area contributed by atoms with Crippen LogP contribution in [0.5, 0.6) is 0 Å². The molecule has 1 aromatic carbocycles. The molecule has 1 heterocycles. The number of nitrogens with one attached hydrogen (secondary N) is 1. The molecule has 1 aromatic heterocycles. The third kappa shape index (κ3) is 3.20. The maximum atomic E-state index is 11.8. The first-order valence-corrected chi connectivity index (χ1v) is 6.75. The maximum absolute atomic E-state index is 11.8. The second-order valence-electron chi connectivity index (χ2n) is 3.75. The molecule has 2 rings (SSSR count). The van der Waals surface area contributed by atoms with Crippen LogP contribution in [0.4, 0.5) is 11.7 Å². The summed E-state index contributed by atoms with van der Waals surface area (Å²) in [6.45, 7) is 1.60. The lowest BCUT2D eigenvalue weighted by atomic mass is 10.2. The molecule has 0 aliphatic carbocycles. The fourth-order valence-electron chi connectivity index (χ4n) is 1.41. The highest BCUT2D eigenvalue weighted by atomic mass is 32.2. The number of nitrogens with zero attached hydrogens (tertiary/aromatic N) is 2. The molecule has 3 N–H and O–H groups in total. The van der Waals surface area contributed by atoms with E-state index in [9.17, 15) is 8.42 Å². The minimum Gasteiger partial charge on any atom is -0.399 e. The van der Waals surface area contributed by atoms with Gasteiger partial charge in [-0.1, -0.05) is 17.3 Å². The summed E-state index contributed by atoms with van der Waals surface area (Å²) < 4.78 is 30.5. The molecule has 2 aromatic rings. The number of nitrogen functional groups attached to an aromatic ring is 1. The number of aromatic nitrogens is 2. The zero-order valence-corrected chi connectivity index (χ0v) is 10.4. The van der Waals surface area contributed by atoms with Crippen LogP contribution in [0.1, 0.15) is 11.4 Å². The van der Waals surface area contributed by atoms with Gasteiger partial charge < -0.3 is 10.3 Å². The van der Waals surface area contributed by atoms with Gasteiger partial charge in [-0.3, -0.25) is 0 Å². The van der Waals surface area contributed by atoms with Gasteiger partial charge in [0, 0.05) is 5.69 Å². The Bertz CT molecular complexity index is 651. The Labute approximate surface area is 104 Å². The highest BCUT2D eigenvalue weighted by Crippen LogP contribution is 2.13. The summed E-state index contributed by atoms with van der Waals surface area (Å²) in [6.07, 6.45) is 0. The molecule has 0 aliphatic heterocycles. The fourth-order valence-corrected chi connectivity index (χ4v) is 2.45. The Morgan fingerprint density at radius 1 is 1.44 bits per heavy atom. The number of anilines is 2. The average molecular weight is 268 g/mol. The van der Waals surface area contributed by atoms with E-state index in [1.54, 1.807) is 31.2 Å². The van der Waals surface area contributed by atoms with Crippen LogP contribution in [0.3, 0.4) is 0 Å². The van der Waals surface area contributed by atoms with Gasteiger partial charge in [0.05, 0.1) is 5.75 Å². The van der Waals surface area contributed by atoms with Crippen LogP contribution in [-0.2, 0) is 15.8 Å². The summed E-state index contributed by atoms with van der Waals surface area (Å²) in [4.78, 5) is 3.76. The van der Waals surface area contributed by atoms with Gasteiger partial charge >= 0.3 is 6.01 Å². The van der Waals surface area contributed by atoms with Gasteiger partial charge in [0.1, 0.15) is 0 Å². The van der Waals surface area contributed by atoms with E-state index in [0.29, 0.717) is 17.1 Å². The van der Waals surface area contributed by atoms with Crippen molar-refractivity contribution in [3.05, 3.63) is 35.7 Å². The van der Waals surface area contributed by atoms with E-state index in [1.807, 2.05) is 0 Å². The quantitative estimate of drug-likeness (QED) is 0.797. The largest absolute Gasteiger partial charge is 0.399 e. The monoisotopic (exact) mass is 268 g/mol. The predicted octanol–water partition coefficient (Wildman–Crippen LogP) is 0.902. The summed E-state index contributed by atoms with van der Waals surface area (Å²) in [6, 6.07) is 6.51. The van der Waals surface area contributed by atoms with Crippen LogP contribution < -0.4 is 10.5 Å². The summed E-state index contributed by atoms with van der Waals surface area (Å²) in [5.74, 6) is 0.149. The molecule has 96 valence electrons. The smallest absolute Gasteiger partial charge is 0.335 e. The first-order chi connectivity index (χ1) is 8.44. The lowest BCUT2D eigenvalue weighted by molar-refractivity contribution is 0.429. The minimum absolute atomic E-state index is 0.142. The lowest BCUT2D eigenvalue weighted by Gasteiger charge is -2.04. The summed E-state index contributed by atoms with van der Waals surface area (Å²) in [7, 11) is -3.59. The number of sulfonamides is 1. The first-order valence-electron chi connectivity index (χ1n) is 5.10. The van der Waals surface area contributed by atoms with Crippen molar-refractivity contribution >= 4 is 21.7 Å². The van der Waals surface area contributed by atoms with Gasteiger partial charge in [0.15, 0.2) is 5.82 Å². The van der Waals surface area contributed by atoms with Crippen molar-refractivity contribution in [2.45, 2.75) is 12.7 Å². The Morgan fingerprint density at radius 3 is 2.83 bits per heavy atom. The molecule has 0 radical (unpaired) electrons. The number of benzene rings is 1. The molecular formula is C10H12N4O3S. The van der Waals surface area contributed by atoms with Gasteiger partial charge in [-0.05, 0) is 24.6 Å². The van der Waals surface area contributed by atoms with Crippen molar-refractivity contribution in [1.29, 1.82) is 0 Å². The standard InChI is InChI=1S/C10H12N4O3S/c1-7-12-10(17-13-7)14-18(15,16)6-8-3-2-4-9(11)5-8/h2-5H,6,11H2,1H3,(H,12,13,14). The molecule has 8 heteroatoms. The van der Waals surface area contributed by atoms with E-state index in [0.717, 1.165) is 0 Å². The number of hydrogen-bond donors (Lipinski definition) is 2. The van der Waals surface area contributed by atoms with Crippen molar-refractivity contribution in [3.8, 4) is 0 Å². The Hall–Kier alpha value is -2.09. The Kier molecular flexibility index (Phi) is 3.19. The second kappa shape index (κ2) is 4.65. The van der Waals surface area contributed by atoms with Crippen molar-refractivity contribution in [2.24, 2.45) is 0 Å². The molecule has 0 aliphatic rings. The molecule has 0 saturated carbocycles. The molecule has 0 fully saturated rings. The van der Waals surface area contributed by atoms with Crippen LogP contribution >= 0.6 is 0 Å². The zero-order valence-electron chi connectivity index (χ0n) is 9.62. The normalized spacial score (nSPS) is 11.4. The second-order valence-corrected chi connectivity index (χ2v) is 5.48. The van der Waals surface area contributed by atoms with Crippen molar-refractivity contribution in [3.63, 3.8) is 0 Å². The van der Waals surface area contributed by atoms with Crippen LogP contribution in [0.2, 0.25) is 0 Å². The molecule has 0 spiro atoms. The average Bonchev–Trinajstić information content (AvgIpc) is 2.62. The van der Waals surface area contributed by atoms with E-state index in [-0.39, 0.29) is 11.8 Å². The molecular weight excluding hydrogens is 256 g/mol. The first kappa shape index (κ1) is 12.4. The number of hydrogen-bond acceptors (Lipinski definition) is 6. The maximum Gasteiger partial charge on any atom is 0.335 e. The van der Waals surface area contributed by atoms with E-state index < -0.39 is 10.0 Å². The minimum atomic E-state index is -3.59. The molecule has 0 atom stereocenters. The summed E-state index contributed by atoms with van der Waals surface area (Å²) in [5.41, 5.74) is 6.67. The number of nitrogens with two attached hydrogens (primary N) is 1. The molecule has 7 nitrogen and oxygen atoms in total. The van der Waals surface area contributed by atoms with Crippen molar-refractivity contribution < 1.29 is 12.9 Å². The van der Waals surface area contributed by atoms with Crippen molar-refractivity contribution in [1.82, 2.24) is 10.1 Å². The third-order valence-electron chi connectivity index (χ3n) is 2.08. The number of rotatable bonds is 4. The molecule has 0 bridgehead atoms. The lowest BCUT2D eigenvalue weighted by Crippen LogP contribution is -2.15. The molecule has 18 heavy (non-hydrogen) atoms. The molecule has 0 unspecified atom stereocenters. The highest BCUT2D eigenvalue weighted by Gasteiger charge is 2.15. The van der Waals surface area contributed by atoms with Gasteiger partial charge in [-0.2, -0.15) is 4.98 Å². The van der Waals surface area contributed by atoms with Crippen LogP contribution in [-0.4, -0.2) is 18.6 Å². The zero-order chi connectivity index (χ0) is 13.2. The van der Waals surface area contributed by atoms with Crippen LogP contribution in [0.25, 0.3) is 0 Å². The van der Waals surface area contributed by atoms with Gasteiger partial charge in [0.2, 0.25) is 10.0 Å². The van der Waals surface area contributed by atoms with Crippen LogP contribution in [0, 0.1) is 6.92 Å². The predicted molar refractivity (Wildman–Crippen MR) is 66.1 cm³/mol. The summed E-state index contributed by atoms with van der Waals surface area (Å²) in [5, 5.41) is 3.49. The van der Waals surface area contributed by atoms with Crippen molar-refractivity contribution in [2.75, 3.05) is 10.5 Å². The molecule has 0 saturated heterocycles. The van der Waals surface area contributed by atoms with E-state index >= 15 is 0 Å². The van der Waals surface area contributed by atoms with Gasteiger partial charge in [-0.25, -0.2) is 13.1 Å². The Morgan fingerprint density at radius 2 is 2.22 bits per heavy atom. The third-order valence-corrected chi connectivity index (χ3v) is 3.28. The van der Waals surface area contributed by atoms with E-state index in [1.165, 1.54) is 0 Å². The Balaban J connectivity index is 2.12. The van der Waals surface area contributed by atoms with E-state index in [4.69, 9.17) is 5.73 Å². The topological polar surface area (TPSA) is 111 Å². The van der Waals surface area contributed by atoms with Gasteiger partial charge in [-0.15, -0.1) is 0 Å².